The minimum atomic E-state index is -0.339. The molecule has 2 amide bonds. The largest absolute Gasteiger partial charge is 0.487 e. The van der Waals surface area contributed by atoms with Crippen molar-refractivity contribution in [2.45, 2.75) is 33.8 Å². The van der Waals surface area contributed by atoms with E-state index in [4.69, 9.17) is 4.74 Å². The van der Waals surface area contributed by atoms with Crippen molar-refractivity contribution in [3.8, 4) is 5.75 Å². The quantitative estimate of drug-likeness (QED) is 0.435. The zero-order valence-electron chi connectivity index (χ0n) is 18.9. The minimum absolute atomic E-state index is 0.139. The second kappa shape index (κ2) is 9.56. The van der Waals surface area contributed by atoms with E-state index in [1.54, 1.807) is 12.3 Å². The molecule has 7 heteroatoms. The first-order chi connectivity index (χ1) is 15.9. The number of ether oxygens (including phenoxy) is 1. The maximum absolute atomic E-state index is 12.4. The zero-order chi connectivity index (χ0) is 23.4. The van der Waals surface area contributed by atoms with Gasteiger partial charge in [-0.3, -0.25) is 9.20 Å². The van der Waals surface area contributed by atoms with E-state index in [0.717, 1.165) is 23.2 Å². The molecule has 4 aromatic rings. The summed E-state index contributed by atoms with van der Waals surface area (Å²) in [5.41, 5.74) is 5.42. The first-order valence-corrected chi connectivity index (χ1v) is 10.8. The van der Waals surface area contributed by atoms with E-state index in [9.17, 15) is 9.59 Å². The molecule has 0 unspecified atom stereocenters. The summed E-state index contributed by atoms with van der Waals surface area (Å²) in [6.45, 7) is 6.09. The molecule has 0 aliphatic rings. The molecule has 4 rings (SSSR count). The zero-order valence-corrected chi connectivity index (χ0v) is 18.9. The Balaban J connectivity index is 1.44. The second-order valence-electron chi connectivity index (χ2n) is 7.92. The van der Waals surface area contributed by atoms with Gasteiger partial charge in [-0.2, -0.15) is 0 Å². The monoisotopic (exact) mass is 442 g/mol. The highest BCUT2D eigenvalue weighted by atomic mass is 16.5. The lowest BCUT2D eigenvalue weighted by atomic mass is 10.1. The number of urea groups is 1. The smallest absolute Gasteiger partial charge is 0.323 e. The molecule has 0 aliphatic heterocycles. The summed E-state index contributed by atoms with van der Waals surface area (Å²) in [6.07, 6.45) is 2.66. The van der Waals surface area contributed by atoms with Gasteiger partial charge in [-0.1, -0.05) is 25.1 Å². The number of anilines is 2. The van der Waals surface area contributed by atoms with Gasteiger partial charge in [0.05, 0.1) is 5.69 Å². The Bertz CT molecular complexity index is 1360. The fourth-order valence-corrected chi connectivity index (χ4v) is 3.43. The molecule has 0 radical (unpaired) electrons. The van der Waals surface area contributed by atoms with Crippen LogP contribution in [-0.4, -0.2) is 15.4 Å². The van der Waals surface area contributed by atoms with E-state index in [0.29, 0.717) is 22.8 Å². The Hall–Kier alpha value is -4.13. The van der Waals surface area contributed by atoms with Crippen LogP contribution >= 0.6 is 0 Å². The first kappa shape index (κ1) is 22.1. The van der Waals surface area contributed by atoms with Crippen molar-refractivity contribution in [1.29, 1.82) is 0 Å². The Labute approximate surface area is 192 Å². The number of carbonyl (C=O) groups is 1. The number of aromatic nitrogens is 2. The summed E-state index contributed by atoms with van der Waals surface area (Å²) in [5.74, 6) is 0.603. The number of nitrogens with zero attached hydrogens (tertiary/aromatic N) is 2. The number of aryl methyl sites for hydroxylation is 3. The fourth-order valence-electron chi connectivity index (χ4n) is 3.43. The molecular formula is C26H26N4O3. The van der Waals surface area contributed by atoms with Gasteiger partial charge in [-0.25, -0.2) is 9.78 Å². The third-order valence-electron chi connectivity index (χ3n) is 5.32. The minimum Gasteiger partial charge on any atom is -0.487 e. The van der Waals surface area contributed by atoms with Gasteiger partial charge in [0.1, 0.15) is 18.0 Å². The summed E-state index contributed by atoms with van der Waals surface area (Å²) in [5, 5.41) is 5.65. The molecule has 0 bridgehead atoms. The summed E-state index contributed by atoms with van der Waals surface area (Å²) >= 11 is 0. The highest BCUT2D eigenvalue weighted by Crippen LogP contribution is 2.24. The number of pyridine rings is 1. The number of hydrogen-bond acceptors (Lipinski definition) is 4. The van der Waals surface area contributed by atoms with Crippen LogP contribution in [-0.2, 0) is 13.0 Å². The van der Waals surface area contributed by atoms with E-state index >= 15 is 0 Å². The summed E-state index contributed by atoms with van der Waals surface area (Å²) in [7, 11) is 0. The topological polar surface area (TPSA) is 84.7 Å². The summed E-state index contributed by atoms with van der Waals surface area (Å²) in [4.78, 5) is 29.3. The molecule has 33 heavy (non-hydrogen) atoms. The number of rotatable bonds is 6. The third-order valence-corrected chi connectivity index (χ3v) is 5.32. The molecular weight excluding hydrogens is 416 g/mol. The van der Waals surface area contributed by atoms with Crippen LogP contribution in [0.4, 0.5) is 16.2 Å². The summed E-state index contributed by atoms with van der Waals surface area (Å²) < 4.78 is 7.44. The van der Waals surface area contributed by atoms with Crippen molar-refractivity contribution in [1.82, 2.24) is 9.38 Å². The molecule has 0 saturated heterocycles. The molecule has 2 aromatic carbocycles. The SMILES string of the molecule is CCc1ccc(NC(=O)Nc2ccc(C)c(OCc3cc(=O)n4ccc(C)cc4n3)c2)cc1. The lowest BCUT2D eigenvalue weighted by Gasteiger charge is -2.13. The maximum atomic E-state index is 12.4. The van der Waals surface area contributed by atoms with Gasteiger partial charge in [0, 0.05) is 29.7 Å². The van der Waals surface area contributed by atoms with Crippen molar-refractivity contribution in [2.24, 2.45) is 0 Å². The maximum Gasteiger partial charge on any atom is 0.323 e. The molecule has 0 saturated carbocycles. The van der Waals surface area contributed by atoms with Crippen molar-refractivity contribution in [3.63, 3.8) is 0 Å². The predicted molar refractivity (Wildman–Crippen MR) is 130 cm³/mol. The first-order valence-electron chi connectivity index (χ1n) is 10.8. The van der Waals surface area contributed by atoms with Crippen LogP contribution in [0.15, 0.2) is 71.7 Å². The van der Waals surface area contributed by atoms with Crippen molar-refractivity contribution in [3.05, 3.63) is 99.6 Å². The molecule has 0 aliphatic carbocycles. The van der Waals surface area contributed by atoms with Crippen LogP contribution in [0.1, 0.15) is 29.3 Å². The number of amides is 2. The van der Waals surface area contributed by atoms with E-state index in [1.165, 1.54) is 16.0 Å². The number of fused-ring (bicyclic) bond motifs is 1. The van der Waals surface area contributed by atoms with E-state index in [2.05, 4.69) is 22.5 Å². The molecule has 7 nitrogen and oxygen atoms in total. The highest BCUT2D eigenvalue weighted by Gasteiger charge is 2.08. The van der Waals surface area contributed by atoms with Crippen LogP contribution in [0, 0.1) is 13.8 Å². The van der Waals surface area contributed by atoms with Gasteiger partial charge in [0.2, 0.25) is 0 Å². The molecule has 2 aromatic heterocycles. The molecule has 2 heterocycles. The normalized spacial score (nSPS) is 10.8. The Morgan fingerprint density at radius 2 is 1.70 bits per heavy atom. The number of nitrogens with one attached hydrogen (secondary N) is 2. The van der Waals surface area contributed by atoms with Crippen LogP contribution in [0.3, 0.4) is 0 Å². The van der Waals surface area contributed by atoms with Gasteiger partial charge in [0.25, 0.3) is 5.56 Å². The standard InChI is InChI=1S/C26H26N4O3/c1-4-19-6-9-20(10-7-19)28-26(32)29-21-8-5-18(3)23(14-21)33-16-22-15-25(31)30-12-11-17(2)13-24(30)27-22/h5-15H,4,16H2,1-3H3,(H2,28,29,32). The van der Waals surface area contributed by atoms with Gasteiger partial charge in [-0.15, -0.1) is 0 Å². The van der Waals surface area contributed by atoms with Gasteiger partial charge < -0.3 is 15.4 Å². The van der Waals surface area contributed by atoms with Gasteiger partial charge in [0.15, 0.2) is 0 Å². The Kier molecular flexibility index (Phi) is 6.40. The molecule has 0 atom stereocenters. The number of benzene rings is 2. The van der Waals surface area contributed by atoms with E-state index in [-0.39, 0.29) is 18.2 Å². The van der Waals surface area contributed by atoms with E-state index < -0.39 is 0 Å². The van der Waals surface area contributed by atoms with Crippen molar-refractivity contribution in [2.75, 3.05) is 10.6 Å². The van der Waals surface area contributed by atoms with Gasteiger partial charge in [-0.05, 0) is 67.3 Å². The Morgan fingerprint density at radius 3 is 2.45 bits per heavy atom. The van der Waals surface area contributed by atoms with Crippen LogP contribution in [0.2, 0.25) is 0 Å². The molecule has 2 N–H and O–H groups in total. The highest BCUT2D eigenvalue weighted by molar-refractivity contribution is 5.99. The van der Waals surface area contributed by atoms with Crippen molar-refractivity contribution >= 4 is 23.1 Å². The average molecular weight is 443 g/mol. The average Bonchev–Trinajstić information content (AvgIpc) is 2.79. The molecule has 0 spiro atoms. The van der Waals surface area contributed by atoms with Crippen LogP contribution in [0.5, 0.6) is 5.75 Å². The van der Waals surface area contributed by atoms with Crippen LogP contribution < -0.4 is 20.9 Å². The molecule has 0 fully saturated rings. The lowest BCUT2D eigenvalue weighted by Crippen LogP contribution is -2.19. The van der Waals surface area contributed by atoms with Crippen LogP contribution in [0.25, 0.3) is 5.65 Å². The predicted octanol–water partition coefficient (Wildman–Crippen LogP) is 5.10. The summed E-state index contributed by atoms with van der Waals surface area (Å²) in [6, 6.07) is 18.0. The Morgan fingerprint density at radius 1 is 0.970 bits per heavy atom. The lowest BCUT2D eigenvalue weighted by molar-refractivity contribution is 0.262. The third kappa shape index (κ3) is 5.38. The molecule has 168 valence electrons. The van der Waals surface area contributed by atoms with Crippen molar-refractivity contribution < 1.29 is 9.53 Å². The van der Waals surface area contributed by atoms with E-state index in [1.807, 2.05) is 62.4 Å². The fraction of sp³-hybridized carbons (Fsp3) is 0.192. The number of carbonyl (C=O) groups excluding carboxylic acids is 1. The second-order valence-corrected chi connectivity index (χ2v) is 7.92. The van der Waals surface area contributed by atoms with Gasteiger partial charge >= 0.3 is 6.03 Å². The number of hydrogen-bond donors (Lipinski definition) is 2.